The summed E-state index contributed by atoms with van der Waals surface area (Å²) in [5.74, 6) is 1.07. The van der Waals surface area contributed by atoms with Crippen LogP contribution < -0.4 is 10.6 Å². The molecule has 128 valence electrons. The van der Waals surface area contributed by atoms with Gasteiger partial charge < -0.3 is 25.2 Å². The lowest BCUT2D eigenvalue weighted by Crippen LogP contribution is -2.38. The van der Waals surface area contributed by atoms with Crippen molar-refractivity contribution in [2.45, 2.75) is 32.4 Å². The first-order valence-electron chi connectivity index (χ1n) is 8.27. The van der Waals surface area contributed by atoms with Crippen LogP contribution in [0.4, 0.5) is 0 Å². The molecule has 0 radical (unpaired) electrons. The van der Waals surface area contributed by atoms with Gasteiger partial charge in [0.15, 0.2) is 5.96 Å². The standard InChI is InChI=1S/C17H27N3O3/c1-2-18-17(20-12-14-4-6-15(21)7-5-14)19-9-3-10-23-16-8-11-22-13-16/h4-7,16,21H,2-3,8-13H2,1H3,(H2,18,19,20). The largest absolute Gasteiger partial charge is 0.508 e. The molecule has 0 saturated carbocycles. The molecule has 0 spiro atoms. The molecule has 6 nitrogen and oxygen atoms in total. The molecule has 0 amide bonds. The molecule has 1 aliphatic rings. The number of ether oxygens (including phenoxy) is 2. The Balaban J connectivity index is 1.67. The van der Waals surface area contributed by atoms with Crippen molar-refractivity contribution in [3.8, 4) is 5.75 Å². The van der Waals surface area contributed by atoms with E-state index in [1.54, 1.807) is 12.1 Å². The maximum Gasteiger partial charge on any atom is 0.191 e. The maximum absolute atomic E-state index is 9.28. The zero-order valence-corrected chi connectivity index (χ0v) is 13.8. The molecule has 1 aromatic carbocycles. The number of phenolic OH excluding ortho intramolecular Hbond substituents is 1. The molecule has 1 heterocycles. The van der Waals surface area contributed by atoms with Gasteiger partial charge in [0.05, 0.1) is 19.3 Å². The summed E-state index contributed by atoms with van der Waals surface area (Å²) in [7, 11) is 0. The highest BCUT2D eigenvalue weighted by Gasteiger charge is 2.15. The van der Waals surface area contributed by atoms with E-state index in [9.17, 15) is 5.11 Å². The molecule has 6 heteroatoms. The first-order valence-corrected chi connectivity index (χ1v) is 8.27. The average Bonchev–Trinajstić information content (AvgIpc) is 3.07. The molecule has 0 aliphatic carbocycles. The molecule has 0 aromatic heterocycles. The van der Waals surface area contributed by atoms with Crippen LogP contribution in [0.25, 0.3) is 0 Å². The summed E-state index contributed by atoms with van der Waals surface area (Å²) in [6.07, 6.45) is 2.20. The van der Waals surface area contributed by atoms with Crippen LogP contribution in [0.1, 0.15) is 25.3 Å². The Hall–Kier alpha value is -1.79. The molecule has 1 fully saturated rings. The van der Waals surface area contributed by atoms with Gasteiger partial charge in [-0.25, -0.2) is 4.99 Å². The smallest absolute Gasteiger partial charge is 0.191 e. The SMILES string of the molecule is CCNC(=NCc1ccc(O)cc1)NCCCOC1CCOC1. The molecule has 1 saturated heterocycles. The van der Waals surface area contributed by atoms with Gasteiger partial charge in [0.2, 0.25) is 0 Å². The highest BCUT2D eigenvalue weighted by molar-refractivity contribution is 5.79. The average molecular weight is 321 g/mol. The lowest BCUT2D eigenvalue weighted by Gasteiger charge is -2.13. The summed E-state index contributed by atoms with van der Waals surface area (Å²) in [5, 5.41) is 15.8. The third kappa shape index (κ3) is 6.88. The molecule has 1 aliphatic heterocycles. The van der Waals surface area contributed by atoms with Crippen molar-refractivity contribution in [1.29, 1.82) is 0 Å². The molecular weight excluding hydrogens is 294 g/mol. The monoisotopic (exact) mass is 321 g/mol. The second-order valence-electron chi connectivity index (χ2n) is 5.50. The van der Waals surface area contributed by atoms with Crippen LogP contribution in [0.15, 0.2) is 29.3 Å². The minimum Gasteiger partial charge on any atom is -0.508 e. The Labute approximate surface area is 137 Å². The fraction of sp³-hybridized carbons (Fsp3) is 0.588. The third-order valence-corrected chi connectivity index (χ3v) is 3.56. The van der Waals surface area contributed by atoms with Crippen molar-refractivity contribution in [1.82, 2.24) is 10.6 Å². The molecule has 23 heavy (non-hydrogen) atoms. The number of hydrogen-bond acceptors (Lipinski definition) is 4. The van der Waals surface area contributed by atoms with Gasteiger partial charge in [0.25, 0.3) is 0 Å². The Morgan fingerprint density at radius 1 is 1.35 bits per heavy atom. The minimum atomic E-state index is 0.270. The molecule has 0 bridgehead atoms. The number of nitrogens with zero attached hydrogens (tertiary/aromatic N) is 1. The highest BCUT2D eigenvalue weighted by atomic mass is 16.5. The zero-order chi connectivity index (χ0) is 16.3. The number of benzene rings is 1. The van der Waals surface area contributed by atoms with Crippen molar-refractivity contribution in [3.05, 3.63) is 29.8 Å². The van der Waals surface area contributed by atoms with Crippen LogP contribution in [0.3, 0.4) is 0 Å². The van der Waals surface area contributed by atoms with Gasteiger partial charge in [-0.2, -0.15) is 0 Å². The Morgan fingerprint density at radius 2 is 2.17 bits per heavy atom. The van der Waals surface area contributed by atoms with Crippen LogP contribution in [0.5, 0.6) is 5.75 Å². The Kier molecular flexibility index (Phi) is 7.69. The lowest BCUT2D eigenvalue weighted by molar-refractivity contribution is 0.0420. The first kappa shape index (κ1) is 17.6. The van der Waals surface area contributed by atoms with E-state index in [4.69, 9.17) is 9.47 Å². The van der Waals surface area contributed by atoms with Crippen molar-refractivity contribution in [3.63, 3.8) is 0 Å². The summed E-state index contributed by atoms with van der Waals surface area (Å²) >= 11 is 0. The summed E-state index contributed by atoms with van der Waals surface area (Å²) in [6, 6.07) is 7.10. The first-order chi connectivity index (χ1) is 11.3. The van der Waals surface area contributed by atoms with Gasteiger partial charge in [-0.1, -0.05) is 12.1 Å². The summed E-state index contributed by atoms with van der Waals surface area (Å²) in [6.45, 7) is 6.53. The fourth-order valence-corrected chi connectivity index (χ4v) is 2.29. The summed E-state index contributed by atoms with van der Waals surface area (Å²) in [5.41, 5.74) is 1.06. The van der Waals surface area contributed by atoms with Crippen molar-refractivity contribution in [2.24, 2.45) is 4.99 Å². The van der Waals surface area contributed by atoms with E-state index in [2.05, 4.69) is 15.6 Å². The number of guanidine groups is 1. The number of hydrogen-bond donors (Lipinski definition) is 3. The Morgan fingerprint density at radius 3 is 2.87 bits per heavy atom. The van der Waals surface area contributed by atoms with Gasteiger partial charge in [0, 0.05) is 26.3 Å². The highest BCUT2D eigenvalue weighted by Crippen LogP contribution is 2.10. The van der Waals surface area contributed by atoms with Crippen LogP contribution >= 0.6 is 0 Å². The zero-order valence-electron chi connectivity index (χ0n) is 13.8. The van der Waals surface area contributed by atoms with Crippen LogP contribution in [0.2, 0.25) is 0 Å². The number of phenols is 1. The molecule has 2 rings (SSSR count). The van der Waals surface area contributed by atoms with Crippen LogP contribution in [-0.2, 0) is 16.0 Å². The van der Waals surface area contributed by atoms with Crippen LogP contribution in [-0.4, -0.2) is 50.1 Å². The van der Waals surface area contributed by atoms with Gasteiger partial charge in [0.1, 0.15) is 5.75 Å². The number of aliphatic imine (C=N–C) groups is 1. The van der Waals surface area contributed by atoms with Gasteiger partial charge in [-0.15, -0.1) is 0 Å². The summed E-state index contributed by atoms with van der Waals surface area (Å²) in [4.78, 5) is 4.54. The van der Waals surface area contributed by atoms with Gasteiger partial charge >= 0.3 is 0 Å². The van der Waals surface area contributed by atoms with E-state index < -0.39 is 0 Å². The second-order valence-corrected chi connectivity index (χ2v) is 5.50. The molecule has 1 aromatic rings. The lowest BCUT2D eigenvalue weighted by atomic mass is 10.2. The van der Waals surface area contributed by atoms with Crippen molar-refractivity contribution < 1.29 is 14.6 Å². The van der Waals surface area contributed by atoms with Gasteiger partial charge in [-0.05, 0) is 37.5 Å². The number of nitrogens with one attached hydrogen (secondary N) is 2. The van der Waals surface area contributed by atoms with E-state index in [1.807, 2.05) is 19.1 Å². The molecule has 1 atom stereocenters. The fourth-order valence-electron chi connectivity index (χ4n) is 2.29. The summed E-state index contributed by atoms with van der Waals surface area (Å²) < 4.78 is 11.0. The van der Waals surface area contributed by atoms with Gasteiger partial charge in [-0.3, -0.25) is 0 Å². The van der Waals surface area contributed by atoms with E-state index in [-0.39, 0.29) is 11.9 Å². The molecular formula is C17H27N3O3. The quantitative estimate of drug-likeness (QED) is 0.386. The van der Waals surface area contributed by atoms with Crippen molar-refractivity contribution in [2.75, 3.05) is 32.9 Å². The maximum atomic E-state index is 9.28. The predicted molar refractivity (Wildman–Crippen MR) is 90.7 cm³/mol. The van der Waals surface area contributed by atoms with Crippen LogP contribution in [0, 0.1) is 0 Å². The van der Waals surface area contributed by atoms with E-state index in [1.165, 1.54) is 0 Å². The number of aromatic hydroxyl groups is 1. The number of rotatable bonds is 8. The molecule has 3 N–H and O–H groups in total. The van der Waals surface area contributed by atoms with E-state index in [0.717, 1.165) is 57.3 Å². The molecule has 1 unspecified atom stereocenters. The Bertz CT molecular complexity index is 470. The minimum absolute atomic E-state index is 0.270. The topological polar surface area (TPSA) is 75.1 Å². The van der Waals surface area contributed by atoms with E-state index >= 15 is 0 Å². The van der Waals surface area contributed by atoms with E-state index in [0.29, 0.717) is 6.54 Å². The van der Waals surface area contributed by atoms with Crippen molar-refractivity contribution >= 4 is 5.96 Å². The second kappa shape index (κ2) is 10.1. The normalized spacial score (nSPS) is 18.1. The predicted octanol–water partition coefficient (Wildman–Crippen LogP) is 1.64. The third-order valence-electron chi connectivity index (χ3n) is 3.56.